The van der Waals surface area contributed by atoms with Crippen molar-refractivity contribution in [2.45, 2.75) is 6.92 Å². The summed E-state index contributed by atoms with van der Waals surface area (Å²) in [5.74, 6) is -0.307. The third-order valence-corrected chi connectivity index (χ3v) is 5.84. The normalized spacial score (nSPS) is 11.3. The van der Waals surface area contributed by atoms with Crippen LogP contribution in [0.4, 0.5) is 0 Å². The maximum absolute atomic E-state index is 13.6. The summed E-state index contributed by atoms with van der Waals surface area (Å²) in [7, 11) is 0. The van der Waals surface area contributed by atoms with Gasteiger partial charge in [-0.15, -0.1) is 0 Å². The molecule has 6 heteroatoms. The molecule has 0 saturated carbocycles. The Labute approximate surface area is 193 Å². The predicted octanol–water partition coefficient (Wildman–Crippen LogP) is 6.40. The van der Waals surface area contributed by atoms with Crippen LogP contribution in [-0.2, 0) is 0 Å². The maximum atomic E-state index is 13.6. The number of carbonyl (C=O) groups excluding carboxylic acids is 1. The Kier molecular flexibility index (Phi) is 4.52. The molecular formula is C28H17NO5. The molecule has 6 aromatic rings. The second kappa shape index (κ2) is 7.71. The summed E-state index contributed by atoms with van der Waals surface area (Å²) < 4.78 is 17.1. The van der Waals surface area contributed by atoms with Crippen LogP contribution in [0.15, 0.2) is 103 Å². The summed E-state index contributed by atoms with van der Waals surface area (Å²) >= 11 is 0. The van der Waals surface area contributed by atoms with E-state index in [4.69, 9.17) is 13.4 Å². The summed E-state index contributed by atoms with van der Waals surface area (Å²) in [6, 6.07) is 25.5. The number of aromatic nitrogens is 1. The van der Waals surface area contributed by atoms with E-state index in [0.717, 1.165) is 22.1 Å². The number of benzene rings is 3. The lowest BCUT2D eigenvalue weighted by Crippen LogP contribution is -2.00. The van der Waals surface area contributed by atoms with E-state index in [0.29, 0.717) is 27.8 Å². The standard InChI is InChI=1S/C28H17NO5/c1-16-14-23(30)33-27-19(16)12-13-21-25(27)24(18-10-6-3-7-11-18)28(32-21)26(31)22-15-20(29-34-22)17-8-4-2-5-9-17/h2-15H,1H3. The van der Waals surface area contributed by atoms with Crippen LogP contribution in [0.3, 0.4) is 0 Å². The Morgan fingerprint density at radius 3 is 2.26 bits per heavy atom. The summed E-state index contributed by atoms with van der Waals surface area (Å²) in [5, 5.41) is 5.40. The first-order chi connectivity index (χ1) is 16.6. The molecule has 0 fully saturated rings. The van der Waals surface area contributed by atoms with Gasteiger partial charge in [0.25, 0.3) is 5.78 Å². The number of ketones is 1. The minimum absolute atomic E-state index is 0.0528. The summed E-state index contributed by atoms with van der Waals surface area (Å²) in [4.78, 5) is 25.8. The van der Waals surface area contributed by atoms with Gasteiger partial charge in [0.1, 0.15) is 16.9 Å². The average Bonchev–Trinajstić information content (AvgIpc) is 3.50. The van der Waals surface area contributed by atoms with Crippen molar-refractivity contribution in [1.82, 2.24) is 5.16 Å². The number of furan rings is 1. The van der Waals surface area contributed by atoms with Crippen LogP contribution in [-0.4, -0.2) is 10.9 Å². The smallest absolute Gasteiger partial charge is 0.336 e. The highest BCUT2D eigenvalue weighted by atomic mass is 16.5. The van der Waals surface area contributed by atoms with Gasteiger partial charge in [-0.25, -0.2) is 4.79 Å². The first-order valence-corrected chi connectivity index (χ1v) is 10.7. The van der Waals surface area contributed by atoms with E-state index >= 15 is 0 Å². The van der Waals surface area contributed by atoms with Crippen molar-refractivity contribution < 1.29 is 18.2 Å². The highest BCUT2D eigenvalue weighted by Crippen LogP contribution is 2.40. The molecule has 0 aliphatic rings. The Hall–Kier alpha value is -4.71. The summed E-state index contributed by atoms with van der Waals surface area (Å²) in [6.45, 7) is 1.85. The molecule has 6 nitrogen and oxygen atoms in total. The number of fused-ring (bicyclic) bond motifs is 3. The molecule has 0 spiro atoms. The summed E-state index contributed by atoms with van der Waals surface area (Å²) in [6.07, 6.45) is 0. The monoisotopic (exact) mass is 447 g/mol. The Morgan fingerprint density at radius 2 is 1.53 bits per heavy atom. The molecular weight excluding hydrogens is 430 g/mol. The van der Waals surface area contributed by atoms with Crippen molar-refractivity contribution in [1.29, 1.82) is 0 Å². The molecule has 0 N–H and O–H groups in total. The number of hydrogen-bond donors (Lipinski definition) is 0. The fraction of sp³-hybridized carbons (Fsp3) is 0.0357. The van der Waals surface area contributed by atoms with Crippen molar-refractivity contribution in [2.75, 3.05) is 0 Å². The van der Waals surface area contributed by atoms with Gasteiger partial charge >= 0.3 is 5.63 Å². The van der Waals surface area contributed by atoms with Gasteiger partial charge in [-0.05, 0) is 30.2 Å². The lowest BCUT2D eigenvalue weighted by atomic mass is 9.97. The van der Waals surface area contributed by atoms with Gasteiger partial charge in [0.15, 0.2) is 5.76 Å². The van der Waals surface area contributed by atoms with Crippen molar-refractivity contribution in [3.05, 3.63) is 112 Å². The van der Waals surface area contributed by atoms with Gasteiger partial charge in [-0.2, -0.15) is 0 Å². The van der Waals surface area contributed by atoms with Crippen LogP contribution >= 0.6 is 0 Å². The van der Waals surface area contributed by atoms with E-state index in [-0.39, 0.29) is 11.5 Å². The van der Waals surface area contributed by atoms with Gasteiger partial charge in [-0.1, -0.05) is 65.8 Å². The molecule has 0 aliphatic heterocycles. The van der Waals surface area contributed by atoms with Gasteiger partial charge in [0, 0.05) is 28.6 Å². The van der Waals surface area contributed by atoms with Crippen molar-refractivity contribution in [3.63, 3.8) is 0 Å². The molecule has 34 heavy (non-hydrogen) atoms. The van der Waals surface area contributed by atoms with E-state index in [1.807, 2.05) is 73.7 Å². The maximum Gasteiger partial charge on any atom is 0.336 e. The lowest BCUT2D eigenvalue weighted by molar-refractivity contribution is 0.0977. The van der Waals surface area contributed by atoms with E-state index in [1.54, 1.807) is 12.1 Å². The molecule has 3 aromatic carbocycles. The fourth-order valence-corrected chi connectivity index (χ4v) is 4.24. The predicted molar refractivity (Wildman–Crippen MR) is 128 cm³/mol. The lowest BCUT2D eigenvalue weighted by Gasteiger charge is -2.04. The number of hydrogen-bond acceptors (Lipinski definition) is 6. The zero-order valence-corrected chi connectivity index (χ0v) is 18.1. The second-order valence-electron chi connectivity index (χ2n) is 8.01. The van der Waals surface area contributed by atoms with Crippen LogP contribution in [0.5, 0.6) is 0 Å². The number of aryl methyl sites for hydroxylation is 1. The third kappa shape index (κ3) is 3.16. The quantitative estimate of drug-likeness (QED) is 0.230. The van der Waals surface area contributed by atoms with Crippen LogP contribution in [0.1, 0.15) is 21.9 Å². The number of nitrogens with zero attached hydrogens (tertiary/aromatic N) is 1. The molecule has 0 bridgehead atoms. The largest absolute Gasteiger partial charge is 0.452 e. The molecule has 3 heterocycles. The zero-order valence-electron chi connectivity index (χ0n) is 18.1. The first-order valence-electron chi connectivity index (χ1n) is 10.7. The van der Waals surface area contributed by atoms with Crippen molar-refractivity contribution >= 4 is 27.7 Å². The van der Waals surface area contributed by atoms with Gasteiger partial charge < -0.3 is 13.4 Å². The number of carbonyl (C=O) groups is 1. The van der Waals surface area contributed by atoms with Crippen molar-refractivity contribution in [3.8, 4) is 22.4 Å². The average molecular weight is 447 g/mol. The number of rotatable bonds is 4. The molecule has 0 radical (unpaired) electrons. The molecule has 0 unspecified atom stereocenters. The molecule has 3 aromatic heterocycles. The first kappa shape index (κ1) is 19.9. The Balaban J connectivity index is 1.61. The Bertz CT molecular complexity index is 1740. The van der Waals surface area contributed by atoms with Crippen LogP contribution in [0.25, 0.3) is 44.3 Å². The van der Waals surface area contributed by atoms with E-state index in [2.05, 4.69) is 5.16 Å². The minimum atomic E-state index is -0.465. The molecule has 6 rings (SSSR count). The fourth-order valence-electron chi connectivity index (χ4n) is 4.24. The highest BCUT2D eigenvalue weighted by molar-refractivity contribution is 6.19. The minimum Gasteiger partial charge on any atom is -0.452 e. The van der Waals surface area contributed by atoms with Crippen LogP contribution in [0.2, 0.25) is 0 Å². The molecule has 0 aliphatic carbocycles. The van der Waals surface area contributed by atoms with E-state index in [9.17, 15) is 9.59 Å². The molecule has 0 saturated heterocycles. The molecule has 0 amide bonds. The van der Waals surface area contributed by atoms with E-state index < -0.39 is 11.4 Å². The molecule has 0 atom stereocenters. The van der Waals surface area contributed by atoms with E-state index in [1.165, 1.54) is 6.07 Å². The third-order valence-electron chi connectivity index (χ3n) is 5.84. The van der Waals surface area contributed by atoms with Gasteiger partial charge in [0.2, 0.25) is 5.76 Å². The summed E-state index contributed by atoms with van der Waals surface area (Å²) in [5.41, 5.74) is 3.81. The topological polar surface area (TPSA) is 86.5 Å². The highest BCUT2D eigenvalue weighted by Gasteiger charge is 2.28. The van der Waals surface area contributed by atoms with Crippen molar-refractivity contribution in [2.24, 2.45) is 0 Å². The Morgan fingerprint density at radius 1 is 0.824 bits per heavy atom. The van der Waals surface area contributed by atoms with Gasteiger partial charge in [-0.3, -0.25) is 4.79 Å². The molecule has 164 valence electrons. The van der Waals surface area contributed by atoms with Crippen LogP contribution < -0.4 is 5.63 Å². The van der Waals surface area contributed by atoms with Gasteiger partial charge in [0.05, 0.1) is 5.39 Å². The zero-order chi connectivity index (χ0) is 23.2. The van der Waals surface area contributed by atoms with Crippen LogP contribution in [0, 0.1) is 6.92 Å². The SMILES string of the molecule is Cc1cc(=O)oc2c1ccc1oc(C(=O)c3cc(-c4ccccc4)no3)c(-c3ccccc3)c12. The second-order valence-corrected chi connectivity index (χ2v) is 8.01.